The number of benzene rings is 2. The molecule has 1 heterocycles. The molecule has 1 fully saturated rings. The van der Waals surface area contributed by atoms with Crippen LogP contribution in [0.1, 0.15) is 0 Å². The molecule has 1 saturated heterocycles. The fraction of sp³-hybridized carbons (Fsp3) is 0.250. The topological polar surface area (TPSA) is 31.0 Å². The second-order valence-electron chi connectivity index (χ2n) is 4.40. The van der Waals surface area contributed by atoms with E-state index in [2.05, 4.69) is 4.74 Å². The van der Waals surface area contributed by atoms with Crippen LogP contribution in [0.5, 0.6) is 11.5 Å². The molecule has 2 aromatic carbocycles. The Kier molecular flexibility index (Phi) is 5.89. The normalized spacial score (nSPS) is 12.2. The third-order valence-electron chi connectivity index (χ3n) is 2.88. The molecule has 0 atom stereocenters. The standard InChI is InChI=1S/C14H11Cl2FO2.C2H4O/c1-18-12-7-8(17)6-9(14(12)19-2)13-10(15)4-3-5-11(13)16;1-2-3-1/h3-7H,1-2H3;1-2H2. The Hall–Kier alpha value is -1.49. The Labute approximate surface area is 138 Å². The molecule has 0 aromatic heterocycles. The van der Waals surface area contributed by atoms with E-state index >= 15 is 0 Å². The summed E-state index contributed by atoms with van der Waals surface area (Å²) in [6.45, 7) is 2.00. The summed E-state index contributed by atoms with van der Waals surface area (Å²) in [6.07, 6.45) is 0. The van der Waals surface area contributed by atoms with Gasteiger partial charge in [-0.05, 0) is 18.2 Å². The van der Waals surface area contributed by atoms with Gasteiger partial charge in [-0.1, -0.05) is 29.3 Å². The van der Waals surface area contributed by atoms with E-state index in [9.17, 15) is 4.39 Å². The van der Waals surface area contributed by atoms with Gasteiger partial charge in [0.1, 0.15) is 5.82 Å². The van der Waals surface area contributed by atoms with Crippen LogP contribution in [0.3, 0.4) is 0 Å². The first-order valence-electron chi connectivity index (χ1n) is 6.52. The molecule has 0 amide bonds. The zero-order valence-electron chi connectivity index (χ0n) is 12.2. The van der Waals surface area contributed by atoms with E-state index in [0.29, 0.717) is 26.9 Å². The van der Waals surface area contributed by atoms with Crippen LogP contribution >= 0.6 is 23.2 Å². The van der Waals surface area contributed by atoms with Gasteiger partial charge in [-0.25, -0.2) is 4.39 Å². The van der Waals surface area contributed by atoms with Crippen LogP contribution in [-0.4, -0.2) is 27.4 Å². The van der Waals surface area contributed by atoms with Crippen LogP contribution in [-0.2, 0) is 4.74 Å². The smallest absolute Gasteiger partial charge is 0.168 e. The zero-order valence-corrected chi connectivity index (χ0v) is 13.7. The van der Waals surface area contributed by atoms with Gasteiger partial charge in [0.05, 0.1) is 37.5 Å². The molecule has 0 aliphatic carbocycles. The Morgan fingerprint density at radius 3 is 2.09 bits per heavy atom. The SMILES string of the molecule is C1CO1.COc1cc(F)cc(-c2c(Cl)cccc2Cl)c1OC. The Morgan fingerprint density at radius 1 is 1.05 bits per heavy atom. The van der Waals surface area contributed by atoms with Gasteiger partial charge in [0.15, 0.2) is 11.5 Å². The minimum absolute atomic E-state index is 0.286. The third kappa shape index (κ3) is 4.03. The Bertz CT molecular complexity index is 637. The number of hydrogen-bond acceptors (Lipinski definition) is 3. The first-order chi connectivity index (χ1) is 10.6. The van der Waals surface area contributed by atoms with Crippen molar-refractivity contribution < 1.29 is 18.6 Å². The molecule has 3 rings (SSSR count). The van der Waals surface area contributed by atoms with Crippen molar-refractivity contribution in [1.82, 2.24) is 0 Å². The molecule has 0 radical (unpaired) electrons. The van der Waals surface area contributed by atoms with Crippen LogP contribution < -0.4 is 9.47 Å². The van der Waals surface area contributed by atoms with Crippen molar-refractivity contribution in [3.8, 4) is 22.6 Å². The molecule has 0 saturated carbocycles. The average molecular weight is 345 g/mol. The lowest BCUT2D eigenvalue weighted by Crippen LogP contribution is -1.95. The van der Waals surface area contributed by atoms with Crippen LogP contribution in [0.4, 0.5) is 4.39 Å². The van der Waals surface area contributed by atoms with Gasteiger partial charge in [-0.2, -0.15) is 0 Å². The number of ether oxygens (including phenoxy) is 3. The van der Waals surface area contributed by atoms with Gasteiger partial charge in [-0.15, -0.1) is 0 Å². The lowest BCUT2D eigenvalue weighted by atomic mass is 10.0. The molecular weight excluding hydrogens is 330 g/mol. The molecule has 0 N–H and O–H groups in total. The fourth-order valence-electron chi connectivity index (χ4n) is 1.87. The van der Waals surface area contributed by atoms with Gasteiger partial charge in [-0.3, -0.25) is 0 Å². The minimum Gasteiger partial charge on any atom is -0.493 e. The maximum absolute atomic E-state index is 13.7. The van der Waals surface area contributed by atoms with Crippen molar-refractivity contribution in [2.45, 2.75) is 0 Å². The summed E-state index contributed by atoms with van der Waals surface area (Å²) in [7, 11) is 2.92. The number of methoxy groups -OCH3 is 2. The van der Waals surface area contributed by atoms with Gasteiger partial charge >= 0.3 is 0 Å². The molecule has 2 aromatic rings. The zero-order chi connectivity index (χ0) is 16.1. The molecule has 1 aliphatic heterocycles. The number of halogens is 3. The van der Waals surface area contributed by atoms with Crippen molar-refractivity contribution in [3.05, 3.63) is 46.2 Å². The predicted octanol–water partition coefficient (Wildman–Crippen LogP) is 4.83. The summed E-state index contributed by atoms with van der Waals surface area (Å²) < 4.78 is 28.5. The molecule has 0 spiro atoms. The molecule has 1 aliphatic rings. The first kappa shape index (κ1) is 16.9. The lowest BCUT2D eigenvalue weighted by molar-refractivity contribution is 0.353. The maximum Gasteiger partial charge on any atom is 0.168 e. The molecule has 3 nitrogen and oxygen atoms in total. The second kappa shape index (κ2) is 7.68. The summed E-state index contributed by atoms with van der Waals surface area (Å²) >= 11 is 12.3. The minimum atomic E-state index is -0.455. The van der Waals surface area contributed by atoms with Crippen LogP contribution in [0.2, 0.25) is 10.0 Å². The van der Waals surface area contributed by atoms with Crippen molar-refractivity contribution in [3.63, 3.8) is 0 Å². The number of hydrogen-bond donors (Lipinski definition) is 0. The average Bonchev–Trinajstić information content (AvgIpc) is 3.35. The first-order valence-corrected chi connectivity index (χ1v) is 7.27. The summed E-state index contributed by atoms with van der Waals surface area (Å²) in [5, 5.41) is 0.830. The van der Waals surface area contributed by atoms with Crippen molar-refractivity contribution in [1.29, 1.82) is 0 Å². The summed E-state index contributed by atoms with van der Waals surface area (Å²) in [4.78, 5) is 0. The van der Waals surface area contributed by atoms with Crippen LogP contribution in [0.25, 0.3) is 11.1 Å². The highest BCUT2D eigenvalue weighted by molar-refractivity contribution is 6.39. The number of epoxide rings is 1. The van der Waals surface area contributed by atoms with E-state index in [0.717, 1.165) is 13.2 Å². The van der Waals surface area contributed by atoms with Crippen molar-refractivity contribution in [2.24, 2.45) is 0 Å². The van der Waals surface area contributed by atoms with E-state index in [4.69, 9.17) is 32.7 Å². The molecule has 118 valence electrons. The lowest BCUT2D eigenvalue weighted by Gasteiger charge is -2.15. The Balaban J connectivity index is 0.000000523. The third-order valence-corrected chi connectivity index (χ3v) is 3.51. The predicted molar refractivity (Wildman–Crippen MR) is 85.8 cm³/mol. The molecule has 0 bridgehead atoms. The quantitative estimate of drug-likeness (QED) is 0.747. The molecule has 0 unspecified atom stereocenters. The van der Waals surface area contributed by atoms with Gasteiger partial charge in [0.2, 0.25) is 0 Å². The maximum atomic E-state index is 13.7. The van der Waals surface area contributed by atoms with Crippen LogP contribution in [0.15, 0.2) is 30.3 Å². The molecule has 6 heteroatoms. The molecule has 22 heavy (non-hydrogen) atoms. The number of rotatable bonds is 3. The van der Waals surface area contributed by atoms with Crippen molar-refractivity contribution in [2.75, 3.05) is 27.4 Å². The Morgan fingerprint density at radius 2 is 1.64 bits per heavy atom. The molecular formula is C16H15Cl2FO3. The largest absolute Gasteiger partial charge is 0.493 e. The second-order valence-corrected chi connectivity index (χ2v) is 5.21. The van der Waals surface area contributed by atoms with Crippen molar-refractivity contribution >= 4 is 23.2 Å². The summed E-state index contributed by atoms with van der Waals surface area (Å²) in [6, 6.07) is 7.64. The van der Waals surface area contributed by atoms with E-state index in [1.165, 1.54) is 26.4 Å². The van der Waals surface area contributed by atoms with Gasteiger partial charge < -0.3 is 14.2 Å². The van der Waals surface area contributed by atoms with Crippen LogP contribution in [0, 0.1) is 5.82 Å². The van der Waals surface area contributed by atoms with E-state index in [1.54, 1.807) is 18.2 Å². The highest BCUT2D eigenvalue weighted by atomic mass is 35.5. The fourth-order valence-corrected chi connectivity index (χ4v) is 2.47. The van der Waals surface area contributed by atoms with Gasteiger partial charge in [0, 0.05) is 17.2 Å². The van der Waals surface area contributed by atoms with Gasteiger partial charge in [0.25, 0.3) is 0 Å². The van der Waals surface area contributed by atoms with E-state index in [-0.39, 0.29) is 5.75 Å². The van der Waals surface area contributed by atoms with E-state index < -0.39 is 5.82 Å². The highest BCUT2D eigenvalue weighted by Crippen LogP contribution is 2.44. The summed E-state index contributed by atoms with van der Waals surface area (Å²) in [5.74, 6) is 0.219. The van der Waals surface area contributed by atoms with E-state index in [1.807, 2.05) is 0 Å². The highest BCUT2D eigenvalue weighted by Gasteiger charge is 2.18. The summed E-state index contributed by atoms with van der Waals surface area (Å²) in [5.41, 5.74) is 0.968. The monoisotopic (exact) mass is 344 g/mol.